The van der Waals surface area contributed by atoms with Crippen LogP contribution in [0.15, 0.2) is 36.5 Å². The molecule has 2 aromatic heterocycles. The zero-order valence-corrected chi connectivity index (χ0v) is 14.0. The van der Waals surface area contributed by atoms with Gasteiger partial charge in [-0.3, -0.25) is 4.79 Å². The molecule has 1 N–H and O–H groups in total. The molecule has 28 heavy (non-hydrogen) atoms. The van der Waals surface area contributed by atoms with Gasteiger partial charge in [0.15, 0.2) is 5.69 Å². The molecule has 1 aromatic carbocycles. The molecule has 5 nitrogen and oxygen atoms in total. The number of nitrogens with one attached hydrogen (secondary N) is 1. The van der Waals surface area contributed by atoms with E-state index in [9.17, 15) is 31.1 Å². The maximum Gasteiger partial charge on any atom is 0.435 e. The van der Waals surface area contributed by atoms with Gasteiger partial charge in [0.2, 0.25) is 0 Å². The predicted molar refractivity (Wildman–Crippen MR) is 85.4 cm³/mol. The quantitative estimate of drug-likeness (QED) is 0.669. The Labute approximate surface area is 153 Å². The van der Waals surface area contributed by atoms with Gasteiger partial charge in [0, 0.05) is 17.8 Å². The molecule has 0 bridgehead atoms. The summed E-state index contributed by atoms with van der Waals surface area (Å²) in [6.45, 7) is 1.41. The first-order valence-corrected chi connectivity index (χ1v) is 7.62. The lowest BCUT2D eigenvalue weighted by Gasteiger charge is -2.08. The van der Waals surface area contributed by atoms with Crippen molar-refractivity contribution < 1.29 is 31.1 Å². The Bertz CT molecular complexity index is 1020. The van der Waals surface area contributed by atoms with Gasteiger partial charge >= 0.3 is 6.18 Å². The number of anilines is 1. The fourth-order valence-corrected chi connectivity index (χ4v) is 2.40. The fraction of sp³-hybridized carbons (Fsp3) is 0.118. The van der Waals surface area contributed by atoms with Gasteiger partial charge in [0.1, 0.15) is 28.8 Å². The maximum absolute atomic E-state index is 13.6. The first-order valence-electron chi connectivity index (χ1n) is 7.62. The molecular weight excluding hydrogens is 390 g/mol. The molecule has 3 aromatic rings. The Morgan fingerprint density at radius 1 is 1.07 bits per heavy atom. The smallest absolute Gasteiger partial charge is 0.306 e. The monoisotopic (exact) mass is 400 g/mol. The number of pyridine rings is 1. The third kappa shape index (κ3) is 3.82. The summed E-state index contributed by atoms with van der Waals surface area (Å²) in [7, 11) is 0. The molecule has 0 saturated heterocycles. The van der Waals surface area contributed by atoms with Crippen LogP contribution in [-0.4, -0.2) is 20.7 Å². The highest BCUT2D eigenvalue weighted by atomic mass is 19.4. The molecule has 0 atom stereocenters. The largest absolute Gasteiger partial charge is 0.435 e. The lowest BCUT2D eigenvalue weighted by Crippen LogP contribution is -2.17. The van der Waals surface area contributed by atoms with E-state index in [1.165, 1.54) is 19.1 Å². The number of aromatic nitrogens is 3. The van der Waals surface area contributed by atoms with Crippen LogP contribution in [0.1, 0.15) is 21.7 Å². The highest BCUT2D eigenvalue weighted by Gasteiger charge is 2.34. The summed E-state index contributed by atoms with van der Waals surface area (Å²) >= 11 is 0. The molecule has 0 aliphatic heterocycles. The molecule has 1 amide bonds. The number of amides is 1. The van der Waals surface area contributed by atoms with Gasteiger partial charge in [-0.25, -0.2) is 22.8 Å². The number of aryl methyl sites for hydroxylation is 1. The van der Waals surface area contributed by atoms with E-state index in [1.54, 1.807) is 0 Å². The maximum atomic E-state index is 13.6. The van der Waals surface area contributed by atoms with E-state index in [4.69, 9.17) is 0 Å². The molecule has 2 heterocycles. The molecule has 3 rings (SSSR count). The topological polar surface area (TPSA) is 59.8 Å². The van der Waals surface area contributed by atoms with Crippen LogP contribution in [0.5, 0.6) is 0 Å². The van der Waals surface area contributed by atoms with Gasteiger partial charge in [-0.05, 0) is 25.1 Å². The van der Waals surface area contributed by atoms with Crippen LogP contribution in [0, 0.1) is 24.4 Å². The van der Waals surface area contributed by atoms with E-state index in [-0.39, 0.29) is 17.2 Å². The molecule has 0 fully saturated rings. The van der Waals surface area contributed by atoms with Crippen molar-refractivity contribution in [3.8, 4) is 5.69 Å². The summed E-state index contributed by atoms with van der Waals surface area (Å²) in [5.74, 6) is -5.29. The molecule has 146 valence electrons. The first-order chi connectivity index (χ1) is 13.1. The van der Waals surface area contributed by atoms with Gasteiger partial charge < -0.3 is 5.32 Å². The van der Waals surface area contributed by atoms with E-state index in [0.29, 0.717) is 12.1 Å². The minimum Gasteiger partial charge on any atom is -0.306 e. The fourth-order valence-electron chi connectivity index (χ4n) is 2.40. The third-order valence-electron chi connectivity index (χ3n) is 3.65. The zero-order valence-electron chi connectivity index (χ0n) is 14.0. The Balaban J connectivity index is 1.82. The summed E-state index contributed by atoms with van der Waals surface area (Å²) in [5.41, 5.74) is -1.71. The van der Waals surface area contributed by atoms with Gasteiger partial charge in [-0.2, -0.15) is 18.3 Å². The second-order valence-corrected chi connectivity index (χ2v) is 5.68. The number of alkyl halides is 3. The van der Waals surface area contributed by atoms with Crippen molar-refractivity contribution in [3.63, 3.8) is 0 Å². The summed E-state index contributed by atoms with van der Waals surface area (Å²) in [4.78, 5) is 15.8. The molecule has 0 aliphatic carbocycles. The third-order valence-corrected chi connectivity index (χ3v) is 3.65. The van der Waals surface area contributed by atoms with E-state index >= 15 is 0 Å². The van der Waals surface area contributed by atoms with Crippen molar-refractivity contribution >= 4 is 11.7 Å². The average molecular weight is 400 g/mol. The standard InChI is InChI=1S/C17H10F6N4O/c1-8-4-13(17(21,22)23)26-27(8)10-2-3-14(24-7-10)25-16(28)15-11(19)5-9(18)6-12(15)20/h2-7H,1H3,(H,24,25,28). The Morgan fingerprint density at radius 2 is 1.71 bits per heavy atom. The molecule has 0 unspecified atom stereocenters. The SMILES string of the molecule is Cc1cc(C(F)(F)F)nn1-c1ccc(NC(=O)c2c(F)cc(F)cc2F)nc1. The average Bonchev–Trinajstić information content (AvgIpc) is 2.96. The number of rotatable bonds is 3. The highest BCUT2D eigenvalue weighted by Crippen LogP contribution is 2.29. The van der Waals surface area contributed by atoms with Crippen molar-refractivity contribution in [2.24, 2.45) is 0 Å². The van der Waals surface area contributed by atoms with Crippen molar-refractivity contribution in [3.05, 3.63) is 70.9 Å². The van der Waals surface area contributed by atoms with Gasteiger partial charge in [-0.15, -0.1) is 0 Å². The molecular formula is C17H10F6N4O. The van der Waals surface area contributed by atoms with Crippen LogP contribution in [0.4, 0.5) is 32.2 Å². The summed E-state index contributed by atoms with van der Waals surface area (Å²) in [5, 5.41) is 5.57. The highest BCUT2D eigenvalue weighted by molar-refractivity contribution is 6.04. The first kappa shape index (κ1) is 19.4. The van der Waals surface area contributed by atoms with Crippen LogP contribution in [-0.2, 0) is 6.18 Å². The number of nitrogens with zero attached hydrogens (tertiary/aromatic N) is 3. The number of benzene rings is 1. The molecule has 0 radical (unpaired) electrons. The second-order valence-electron chi connectivity index (χ2n) is 5.68. The minimum atomic E-state index is -4.61. The number of carbonyl (C=O) groups is 1. The molecule has 0 aliphatic rings. The normalized spacial score (nSPS) is 11.5. The Morgan fingerprint density at radius 3 is 2.21 bits per heavy atom. The molecule has 0 saturated carbocycles. The zero-order chi connectivity index (χ0) is 20.6. The lowest BCUT2D eigenvalue weighted by atomic mass is 10.2. The van der Waals surface area contributed by atoms with E-state index in [2.05, 4.69) is 15.4 Å². The van der Waals surface area contributed by atoms with Crippen LogP contribution >= 0.6 is 0 Å². The number of hydrogen-bond donors (Lipinski definition) is 1. The van der Waals surface area contributed by atoms with E-state index in [0.717, 1.165) is 16.9 Å². The summed E-state index contributed by atoms with van der Waals surface area (Å²) in [6, 6.07) is 4.08. The number of halogens is 6. The predicted octanol–water partition coefficient (Wildman–Crippen LogP) is 4.26. The van der Waals surface area contributed by atoms with Gasteiger partial charge in [0.25, 0.3) is 5.91 Å². The molecule has 11 heteroatoms. The summed E-state index contributed by atoms with van der Waals surface area (Å²) in [6.07, 6.45) is -3.49. The van der Waals surface area contributed by atoms with Crippen LogP contribution < -0.4 is 5.32 Å². The van der Waals surface area contributed by atoms with Gasteiger partial charge in [-0.1, -0.05) is 0 Å². The van der Waals surface area contributed by atoms with Crippen molar-refractivity contribution in [1.29, 1.82) is 0 Å². The summed E-state index contributed by atoms with van der Waals surface area (Å²) < 4.78 is 79.4. The van der Waals surface area contributed by atoms with Crippen molar-refractivity contribution in [1.82, 2.24) is 14.8 Å². The van der Waals surface area contributed by atoms with Crippen LogP contribution in [0.2, 0.25) is 0 Å². The number of carbonyl (C=O) groups excluding carboxylic acids is 1. The minimum absolute atomic E-state index is 0.127. The Kier molecular flexibility index (Phi) is 4.84. The van der Waals surface area contributed by atoms with E-state index < -0.39 is 40.8 Å². The second kappa shape index (κ2) is 6.98. The van der Waals surface area contributed by atoms with Crippen molar-refractivity contribution in [2.45, 2.75) is 13.1 Å². The van der Waals surface area contributed by atoms with Crippen molar-refractivity contribution in [2.75, 3.05) is 5.32 Å². The van der Waals surface area contributed by atoms with Gasteiger partial charge in [0.05, 0.1) is 11.9 Å². The van der Waals surface area contributed by atoms with E-state index in [1.807, 2.05) is 0 Å². The Hall–Kier alpha value is -3.37. The molecule has 0 spiro atoms. The lowest BCUT2D eigenvalue weighted by molar-refractivity contribution is -0.141. The van der Waals surface area contributed by atoms with Crippen LogP contribution in [0.25, 0.3) is 5.69 Å². The number of hydrogen-bond acceptors (Lipinski definition) is 3. The van der Waals surface area contributed by atoms with Crippen LogP contribution in [0.3, 0.4) is 0 Å².